The Kier molecular flexibility index (Phi) is 5.49. The molecule has 0 amide bonds. The SMILES string of the molecule is CCNCCN(C)C1CCCCC1C. The van der Waals surface area contributed by atoms with Crippen LogP contribution in [0.1, 0.15) is 39.5 Å². The van der Waals surface area contributed by atoms with Gasteiger partial charge in [-0.05, 0) is 32.4 Å². The lowest BCUT2D eigenvalue weighted by molar-refractivity contribution is 0.140. The number of likely N-dealkylation sites (N-methyl/N-ethyl adjacent to an activating group) is 2. The van der Waals surface area contributed by atoms with Crippen molar-refractivity contribution in [1.29, 1.82) is 0 Å². The monoisotopic (exact) mass is 198 g/mol. The third-order valence-electron chi connectivity index (χ3n) is 3.52. The summed E-state index contributed by atoms with van der Waals surface area (Å²) in [5.41, 5.74) is 0. The predicted octanol–water partition coefficient (Wildman–Crippen LogP) is 2.11. The average molecular weight is 198 g/mol. The Balaban J connectivity index is 2.23. The van der Waals surface area contributed by atoms with Gasteiger partial charge in [0.1, 0.15) is 0 Å². The first kappa shape index (κ1) is 12.0. The Morgan fingerprint density at radius 3 is 2.64 bits per heavy atom. The van der Waals surface area contributed by atoms with Crippen LogP contribution in [0.2, 0.25) is 0 Å². The molecule has 1 rings (SSSR count). The van der Waals surface area contributed by atoms with E-state index in [0.29, 0.717) is 0 Å². The van der Waals surface area contributed by atoms with Gasteiger partial charge in [-0.2, -0.15) is 0 Å². The molecule has 0 saturated heterocycles. The summed E-state index contributed by atoms with van der Waals surface area (Å²) in [6, 6.07) is 0.836. The van der Waals surface area contributed by atoms with Crippen LogP contribution in [-0.2, 0) is 0 Å². The van der Waals surface area contributed by atoms with Gasteiger partial charge >= 0.3 is 0 Å². The van der Waals surface area contributed by atoms with E-state index in [1.54, 1.807) is 0 Å². The number of nitrogens with one attached hydrogen (secondary N) is 1. The van der Waals surface area contributed by atoms with Gasteiger partial charge in [-0.1, -0.05) is 26.7 Å². The molecule has 0 aliphatic heterocycles. The van der Waals surface area contributed by atoms with Crippen molar-refractivity contribution >= 4 is 0 Å². The molecule has 84 valence electrons. The van der Waals surface area contributed by atoms with Gasteiger partial charge in [0.05, 0.1) is 0 Å². The third kappa shape index (κ3) is 3.58. The molecule has 0 aromatic heterocycles. The molecule has 1 fully saturated rings. The van der Waals surface area contributed by atoms with E-state index in [1.807, 2.05) is 0 Å². The summed E-state index contributed by atoms with van der Waals surface area (Å²) in [6.07, 6.45) is 5.71. The molecular weight excluding hydrogens is 172 g/mol. The van der Waals surface area contributed by atoms with Crippen molar-refractivity contribution in [3.05, 3.63) is 0 Å². The van der Waals surface area contributed by atoms with Crippen molar-refractivity contribution in [3.63, 3.8) is 0 Å². The van der Waals surface area contributed by atoms with Gasteiger partial charge in [-0.25, -0.2) is 0 Å². The first-order chi connectivity index (χ1) is 6.75. The Bertz CT molecular complexity index is 147. The second-order valence-electron chi connectivity index (χ2n) is 4.66. The normalized spacial score (nSPS) is 28.3. The van der Waals surface area contributed by atoms with Crippen molar-refractivity contribution in [3.8, 4) is 0 Å². The summed E-state index contributed by atoms with van der Waals surface area (Å²) in [5.74, 6) is 0.898. The fourth-order valence-corrected chi connectivity index (χ4v) is 2.55. The molecule has 1 aliphatic rings. The number of hydrogen-bond donors (Lipinski definition) is 1. The maximum atomic E-state index is 3.39. The lowest BCUT2D eigenvalue weighted by Gasteiger charge is -2.36. The fraction of sp³-hybridized carbons (Fsp3) is 1.00. The van der Waals surface area contributed by atoms with Gasteiger partial charge in [0.15, 0.2) is 0 Å². The molecule has 0 heterocycles. The predicted molar refractivity (Wildman–Crippen MR) is 62.6 cm³/mol. The largest absolute Gasteiger partial charge is 0.316 e. The average Bonchev–Trinajstić information content (AvgIpc) is 2.18. The van der Waals surface area contributed by atoms with Crippen LogP contribution in [0.15, 0.2) is 0 Å². The summed E-state index contributed by atoms with van der Waals surface area (Å²) in [4.78, 5) is 2.55. The van der Waals surface area contributed by atoms with E-state index >= 15 is 0 Å². The van der Waals surface area contributed by atoms with Gasteiger partial charge < -0.3 is 10.2 Å². The van der Waals surface area contributed by atoms with E-state index in [1.165, 1.54) is 32.2 Å². The standard InChI is InChI=1S/C12H26N2/c1-4-13-9-10-14(3)12-8-6-5-7-11(12)2/h11-13H,4-10H2,1-3H3. The Labute approximate surface area is 89.1 Å². The molecule has 1 aliphatic carbocycles. The summed E-state index contributed by atoms with van der Waals surface area (Å²) in [6.45, 7) is 8.00. The van der Waals surface area contributed by atoms with Crippen molar-refractivity contribution in [2.45, 2.75) is 45.6 Å². The van der Waals surface area contributed by atoms with Crippen molar-refractivity contribution in [2.75, 3.05) is 26.7 Å². The number of nitrogens with zero attached hydrogens (tertiary/aromatic N) is 1. The molecule has 0 aromatic carbocycles. The van der Waals surface area contributed by atoms with Crippen LogP contribution < -0.4 is 5.32 Å². The first-order valence-corrected chi connectivity index (χ1v) is 6.16. The first-order valence-electron chi connectivity index (χ1n) is 6.16. The quantitative estimate of drug-likeness (QED) is 0.681. The zero-order valence-corrected chi connectivity index (χ0v) is 10.1. The second kappa shape index (κ2) is 6.41. The minimum atomic E-state index is 0.836. The highest BCUT2D eigenvalue weighted by Gasteiger charge is 2.24. The minimum Gasteiger partial charge on any atom is -0.316 e. The maximum absolute atomic E-state index is 3.39. The van der Waals surface area contributed by atoms with E-state index in [2.05, 4.69) is 31.1 Å². The maximum Gasteiger partial charge on any atom is 0.0118 e. The molecule has 0 bridgehead atoms. The van der Waals surface area contributed by atoms with Crippen LogP contribution in [0.3, 0.4) is 0 Å². The van der Waals surface area contributed by atoms with Gasteiger partial charge in [0, 0.05) is 19.1 Å². The van der Waals surface area contributed by atoms with Crippen LogP contribution in [0.5, 0.6) is 0 Å². The Morgan fingerprint density at radius 1 is 1.29 bits per heavy atom. The van der Waals surface area contributed by atoms with Gasteiger partial charge in [0.2, 0.25) is 0 Å². The molecule has 2 unspecified atom stereocenters. The topological polar surface area (TPSA) is 15.3 Å². The molecule has 1 N–H and O–H groups in total. The molecule has 2 atom stereocenters. The Morgan fingerprint density at radius 2 is 2.00 bits per heavy atom. The summed E-state index contributed by atoms with van der Waals surface area (Å²) < 4.78 is 0. The van der Waals surface area contributed by atoms with Crippen LogP contribution in [-0.4, -0.2) is 37.6 Å². The third-order valence-corrected chi connectivity index (χ3v) is 3.52. The molecule has 0 spiro atoms. The second-order valence-corrected chi connectivity index (χ2v) is 4.66. The van der Waals surface area contributed by atoms with Crippen molar-refractivity contribution < 1.29 is 0 Å². The fourth-order valence-electron chi connectivity index (χ4n) is 2.55. The van der Waals surface area contributed by atoms with E-state index in [0.717, 1.165) is 25.0 Å². The summed E-state index contributed by atoms with van der Waals surface area (Å²) >= 11 is 0. The minimum absolute atomic E-state index is 0.836. The lowest BCUT2D eigenvalue weighted by atomic mass is 9.85. The number of rotatable bonds is 5. The van der Waals surface area contributed by atoms with Crippen LogP contribution in [0.4, 0.5) is 0 Å². The van der Waals surface area contributed by atoms with Gasteiger partial charge in [-0.3, -0.25) is 0 Å². The zero-order valence-electron chi connectivity index (χ0n) is 10.1. The Hall–Kier alpha value is -0.0800. The van der Waals surface area contributed by atoms with E-state index in [4.69, 9.17) is 0 Å². The molecule has 1 saturated carbocycles. The van der Waals surface area contributed by atoms with Crippen LogP contribution in [0.25, 0.3) is 0 Å². The van der Waals surface area contributed by atoms with Crippen molar-refractivity contribution in [1.82, 2.24) is 10.2 Å². The van der Waals surface area contributed by atoms with Crippen LogP contribution >= 0.6 is 0 Å². The van der Waals surface area contributed by atoms with Crippen LogP contribution in [0, 0.1) is 5.92 Å². The molecule has 0 radical (unpaired) electrons. The molecule has 2 nitrogen and oxygen atoms in total. The molecular formula is C12H26N2. The van der Waals surface area contributed by atoms with E-state index in [9.17, 15) is 0 Å². The zero-order chi connectivity index (χ0) is 10.4. The highest BCUT2D eigenvalue weighted by molar-refractivity contribution is 4.79. The van der Waals surface area contributed by atoms with Crippen molar-refractivity contribution in [2.24, 2.45) is 5.92 Å². The summed E-state index contributed by atoms with van der Waals surface area (Å²) in [7, 11) is 2.28. The smallest absolute Gasteiger partial charge is 0.0118 e. The highest BCUT2D eigenvalue weighted by Crippen LogP contribution is 2.26. The highest BCUT2D eigenvalue weighted by atomic mass is 15.1. The van der Waals surface area contributed by atoms with Gasteiger partial charge in [0.25, 0.3) is 0 Å². The molecule has 0 aromatic rings. The lowest BCUT2D eigenvalue weighted by Crippen LogP contribution is -2.42. The van der Waals surface area contributed by atoms with E-state index < -0.39 is 0 Å². The van der Waals surface area contributed by atoms with E-state index in [-0.39, 0.29) is 0 Å². The molecule has 14 heavy (non-hydrogen) atoms. The molecule has 2 heteroatoms. The summed E-state index contributed by atoms with van der Waals surface area (Å²) in [5, 5.41) is 3.39. The van der Waals surface area contributed by atoms with Gasteiger partial charge in [-0.15, -0.1) is 0 Å². The number of hydrogen-bond acceptors (Lipinski definition) is 2.